The van der Waals surface area contributed by atoms with E-state index in [1.165, 1.54) is 17.0 Å². The zero-order chi connectivity index (χ0) is 35.9. The first-order chi connectivity index (χ1) is 23.1. The summed E-state index contributed by atoms with van der Waals surface area (Å²) >= 11 is 9.32. The number of carbonyl (C=O) groups is 2. The van der Waals surface area contributed by atoms with Gasteiger partial charge in [0, 0.05) is 24.0 Å². The van der Waals surface area contributed by atoms with Crippen molar-refractivity contribution in [3.8, 4) is 0 Å². The average Bonchev–Trinajstić information content (AvgIpc) is 3.04. The number of amides is 2. The summed E-state index contributed by atoms with van der Waals surface area (Å²) in [6.07, 6.45) is -4.81. The second kappa shape index (κ2) is 16.2. The molecule has 1 N–H and O–H groups in total. The van der Waals surface area contributed by atoms with Gasteiger partial charge >= 0.3 is 6.18 Å². The van der Waals surface area contributed by atoms with Gasteiger partial charge in [0.2, 0.25) is 11.8 Å². The molecule has 0 saturated heterocycles. The Bertz CT molecular complexity index is 1870. The number of nitrogens with one attached hydrogen (secondary N) is 1. The van der Waals surface area contributed by atoms with Gasteiger partial charge in [-0.25, -0.2) is 8.42 Å². The van der Waals surface area contributed by atoms with E-state index in [9.17, 15) is 31.2 Å². The van der Waals surface area contributed by atoms with Crippen LogP contribution >= 0.6 is 27.5 Å². The first-order valence-electron chi connectivity index (χ1n) is 15.4. The molecule has 0 bridgehead atoms. The van der Waals surface area contributed by atoms with Crippen molar-refractivity contribution in [1.82, 2.24) is 10.2 Å². The molecular formula is C36H36BrClF3N3O4S. The molecule has 0 saturated carbocycles. The maximum atomic E-state index is 14.6. The number of rotatable bonds is 13. The Morgan fingerprint density at radius 3 is 2.16 bits per heavy atom. The monoisotopic (exact) mass is 777 g/mol. The fraction of sp³-hybridized carbons (Fsp3) is 0.278. The minimum Gasteiger partial charge on any atom is -0.354 e. The molecule has 49 heavy (non-hydrogen) atoms. The van der Waals surface area contributed by atoms with Gasteiger partial charge in [-0.1, -0.05) is 102 Å². The van der Waals surface area contributed by atoms with Crippen molar-refractivity contribution in [2.75, 3.05) is 17.4 Å². The Morgan fingerprint density at radius 1 is 0.898 bits per heavy atom. The van der Waals surface area contributed by atoms with Crippen LogP contribution in [0.5, 0.6) is 0 Å². The van der Waals surface area contributed by atoms with Gasteiger partial charge in [0.05, 0.1) is 21.2 Å². The highest BCUT2D eigenvalue weighted by Crippen LogP contribution is 2.38. The number of alkyl halides is 3. The van der Waals surface area contributed by atoms with E-state index in [0.29, 0.717) is 27.0 Å². The number of benzene rings is 4. The Hall–Kier alpha value is -3.87. The Morgan fingerprint density at radius 2 is 1.55 bits per heavy atom. The highest BCUT2D eigenvalue weighted by Gasteiger charge is 2.37. The number of hydrogen-bond acceptors (Lipinski definition) is 4. The molecule has 0 aromatic heterocycles. The van der Waals surface area contributed by atoms with Crippen LogP contribution in [0.4, 0.5) is 18.9 Å². The van der Waals surface area contributed by atoms with Gasteiger partial charge in [-0.15, -0.1) is 0 Å². The van der Waals surface area contributed by atoms with Crippen molar-refractivity contribution < 1.29 is 31.2 Å². The lowest BCUT2D eigenvalue weighted by molar-refractivity contribution is -0.140. The molecule has 0 aliphatic heterocycles. The summed E-state index contributed by atoms with van der Waals surface area (Å²) in [5, 5.41) is 2.27. The Balaban J connectivity index is 1.86. The zero-order valence-electron chi connectivity index (χ0n) is 27.0. The maximum Gasteiger partial charge on any atom is 0.417 e. The van der Waals surface area contributed by atoms with Gasteiger partial charge in [-0.05, 0) is 66.4 Å². The largest absolute Gasteiger partial charge is 0.417 e. The molecule has 13 heteroatoms. The highest BCUT2D eigenvalue weighted by atomic mass is 79.9. The lowest BCUT2D eigenvalue weighted by atomic mass is 10.0. The zero-order valence-corrected chi connectivity index (χ0v) is 30.2. The van der Waals surface area contributed by atoms with Crippen molar-refractivity contribution in [2.45, 2.75) is 50.9 Å². The average molecular weight is 779 g/mol. The van der Waals surface area contributed by atoms with Crippen LogP contribution in [0.2, 0.25) is 5.02 Å². The normalized spacial score (nSPS) is 12.4. The predicted molar refractivity (Wildman–Crippen MR) is 189 cm³/mol. The van der Waals surface area contributed by atoms with Crippen LogP contribution in [0.1, 0.15) is 36.1 Å². The van der Waals surface area contributed by atoms with Crippen molar-refractivity contribution in [1.29, 1.82) is 0 Å². The first kappa shape index (κ1) is 37.9. The van der Waals surface area contributed by atoms with Crippen LogP contribution in [-0.2, 0) is 38.8 Å². The maximum absolute atomic E-state index is 14.6. The molecule has 0 aliphatic rings. The summed E-state index contributed by atoms with van der Waals surface area (Å²) in [6.45, 7) is 4.91. The van der Waals surface area contributed by atoms with Crippen molar-refractivity contribution in [2.24, 2.45) is 5.92 Å². The molecular weight excluding hydrogens is 743 g/mol. The molecule has 0 aliphatic carbocycles. The van der Waals surface area contributed by atoms with Crippen LogP contribution in [0.25, 0.3) is 0 Å². The minimum atomic E-state index is -4.90. The second-order valence-corrected chi connectivity index (χ2v) is 15.2. The molecule has 7 nitrogen and oxygen atoms in total. The van der Waals surface area contributed by atoms with Crippen LogP contribution in [0.15, 0.2) is 106 Å². The molecule has 0 fully saturated rings. The van der Waals surface area contributed by atoms with Gasteiger partial charge in [0.15, 0.2) is 0 Å². The first-order valence-corrected chi connectivity index (χ1v) is 18.0. The lowest BCUT2D eigenvalue weighted by Crippen LogP contribution is -2.53. The number of anilines is 1. The van der Waals surface area contributed by atoms with E-state index in [0.717, 1.165) is 23.3 Å². The molecule has 1 atom stereocenters. The van der Waals surface area contributed by atoms with E-state index in [1.807, 2.05) is 32.0 Å². The third kappa shape index (κ3) is 10.1. The molecule has 260 valence electrons. The molecule has 0 spiro atoms. The third-order valence-electron chi connectivity index (χ3n) is 7.63. The molecule has 2 amide bonds. The van der Waals surface area contributed by atoms with Gasteiger partial charge in [0.25, 0.3) is 10.0 Å². The molecule has 4 aromatic rings. The van der Waals surface area contributed by atoms with Crippen molar-refractivity contribution in [3.05, 3.63) is 129 Å². The van der Waals surface area contributed by atoms with Crippen LogP contribution in [0.3, 0.4) is 0 Å². The predicted octanol–water partition coefficient (Wildman–Crippen LogP) is 8.04. The lowest BCUT2D eigenvalue weighted by Gasteiger charge is -2.34. The number of hydrogen-bond donors (Lipinski definition) is 1. The number of carbonyl (C=O) groups excluding carboxylic acids is 2. The Kier molecular flexibility index (Phi) is 12.6. The van der Waals surface area contributed by atoms with Gasteiger partial charge in [0.1, 0.15) is 12.6 Å². The summed E-state index contributed by atoms with van der Waals surface area (Å²) in [6, 6.07) is 23.4. The number of sulfonamides is 1. The summed E-state index contributed by atoms with van der Waals surface area (Å²) in [4.78, 5) is 29.5. The SMILES string of the molecule is Cc1ccc(S(=O)(=O)N(CC(=O)N(Cc2cccc(Br)c2)[C@H](Cc2ccccc2)C(=O)NCC(C)C)c2ccc(Cl)c(C(F)(F)F)c2)cc1. The standard InChI is InChI=1S/C36H36BrClF3N3O4S/c1-24(2)21-42-35(46)33(19-26-8-5-4-6-9-26)43(22-27-10-7-11-28(37)18-27)34(45)23-44(49(47,48)30-15-12-25(3)13-16-30)29-14-17-32(38)31(20-29)36(39,40)41/h4-18,20,24,33H,19,21-23H2,1-3H3,(H,42,46)/t33-/m1/s1. The van der Waals surface area contributed by atoms with E-state index in [1.54, 1.807) is 55.5 Å². The smallest absolute Gasteiger partial charge is 0.354 e. The van der Waals surface area contributed by atoms with Gasteiger partial charge < -0.3 is 10.2 Å². The van der Waals surface area contributed by atoms with Crippen LogP contribution in [-0.4, -0.2) is 44.3 Å². The van der Waals surface area contributed by atoms with E-state index in [-0.39, 0.29) is 23.8 Å². The number of aryl methyl sites for hydroxylation is 1. The number of nitrogens with zero attached hydrogens (tertiary/aromatic N) is 2. The van der Waals surface area contributed by atoms with Gasteiger partial charge in [-0.3, -0.25) is 13.9 Å². The highest BCUT2D eigenvalue weighted by molar-refractivity contribution is 9.10. The molecule has 4 rings (SSSR count). The summed E-state index contributed by atoms with van der Waals surface area (Å²) in [7, 11) is -4.61. The van der Waals surface area contributed by atoms with Crippen LogP contribution < -0.4 is 9.62 Å². The second-order valence-electron chi connectivity index (χ2n) is 12.0. The molecule has 0 unspecified atom stereocenters. The van der Waals surface area contributed by atoms with Gasteiger partial charge in [-0.2, -0.15) is 13.2 Å². The quantitative estimate of drug-likeness (QED) is 0.149. The van der Waals surface area contributed by atoms with E-state index >= 15 is 0 Å². The molecule has 4 aromatic carbocycles. The van der Waals surface area contributed by atoms with Crippen molar-refractivity contribution >= 4 is 55.1 Å². The third-order valence-corrected chi connectivity index (χ3v) is 10.2. The molecule has 0 heterocycles. The summed E-state index contributed by atoms with van der Waals surface area (Å²) < 4.78 is 71.6. The summed E-state index contributed by atoms with van der Waals surface area (Å²) in [5.41, 5.74) is 0.456. The fourth-order valence-electron chi connectivity index (χ4n) is 5.06. The number of halogens is 5. The topological polar surface area (TPSA) is 86.8 Å². The van der Waals surface area contributed by atoms with Crippen LogP contribution in [0, 0.1) is 12.8 Å². The van der Waals surface area contributed by atoms with Crippen molar-refractivity contribution in [3.63, 3.8) is 0 Å². The molecule has 0 radical (unpaired) electrons. The minimum absolute atomic E-state index is 0.0917. The van der Waals surface area contributed by atoms with E-state index in [2.05, 4.69) is 21.2 Å². The Labute approximate surface area is 298 Å². The van der Waals surface area contributed by atoms with E-state index < -0.39 is 56.9 Å². The van der Waals surface area contributed by atoms with E-state index in [4.69, 9.17) is 11.6 Å². The summed E-state index contributed by atoms with van der Waals surface area (Å²) in [5.74, 6) is -1.17. The fourth-order valence-corrected chi connectivity index (χ4v) is 7.14.